The normalized spacial score (nSPS) is 17.7. The molecule has 7 nitrogen and oxygen atoms in total. The van der Waals surface area contributed by atoms with E-state index < -0.39 is 5.66 Å². The number of nitrogens with zero attached hydrogens (tertiary/aromatic N) is 3. The Morgan fingerprint density at radius 2 is 1.88 bits per heavy atom. The van der Waals surface area contributed by atoms with Crippen molar-refractivity contribution in [3.05, 3.63) is 29.8 Å². The summed E-state index contributed by atoms with van der Waals surface area (Å²) in [5.41, 5.74) is 12.1. The Kier molecular flexibility index (Phi) is 6.25. The van der Waals surface area contributed by atoms with Crippen LogP contribution in [0, 0.1) is 0 Å². The molecule has 0 saturated heterocycles. The predicted octanol–water partition coefficient (Wildman–Crippen LogP) is 2.41. The molecule has 0 aliphatic carbocycles. The molecule has 1 aromatic carbocycles. The molecule has 0 spiro atoms. The van der Waals surface area contributed by atoms with Crippen LogP contribution < -0.4 is 16.2 Å². The van der Waals surface area contributed by atoms with Gasteiger partial charge in [-0.3, -0.25) is 4.84 Å². The van der Waals surface area contributed by atoms with Gasteiger partial charge in [0.25, 0.3) is 0 Å². The van der Waals surface area contributed by atoms with E-state index in [0.717, 1.165) is 25.0 Å². The van der Waals surface area contributed by atoms with E-state index in [1.807, 2.05) is 26.0 Å². The van der Waals surface area contributed by atoms with Crippen molar-refractivity contribution < 1.29 is 9.57 Å². The highest BCUT2D eigenvalue weighted by Crippen LogP contribution is 2.20. The number of hydrogen-bond donors (Lipinski definition) is 2. The van der Waals surface area contributed by atoms with E-state index in [-0.39, 0.29) is 18.0 Å². The van der Waals surface area contributed by atoms with Crippen molar-refractivity contribution >= 4 is 11.9 Å². The average molecular weight is 347 g/mol. The predicted molar refractivity (Wildman–Crippen MR) is 100 cm³/mol. The van der Waals surface area contributed by atoms with E-state index in [1.165, 1.54) is 10.6 Å². The zero-order valence-corrected chi connectivity index (χ0v) is 15.5. The van der Waals surface area contributed by atoms with Gasteiger partial charge < -0.3 is 16.2 Å². The molecule has 0 radical (unpaired) electrons. The van der Waals surface area contributed by atoms with Crippen LogP contribution in [0.3, 0.4) is 0 Å². The number of guanidine groups is 2. The summed E-state index contributed by atoms with van der Waals surface area (Å²) >= 11 is 0. The molecule has 1 heterocycles. The van der Waals surface area contributed by atoms with Crippen molar-refractivity contribution in [1.82, 2.24) is 5.06 Å². The molecule has 2 rings (SSSR count). The van der Waals surface area contributed by atoms with Gasteiger partial charge in [-0.25, -0.2) is 4.99 Å². The van der Waals surface area contributed by atoms with E-state index in [4.69, 9.17) is 21.0 Å². The van der Waals surface area contributed by atoms with Crippen LogP contribution >= 0.6 is 0 Å². The van der Waals surface area contributed by atoms with Crippen LogP contribution in [0.4, 0.5) is 0 Å². The number of hydroxylamine groups is 2. The molecule has 0 saturated carbocycles. The maximum Gasteiger partial charge on any atom is 0.226 e. The molecule has 4 N–H and O–H groups in total. The molecule has 0 aromatic heterocycles. The second-order valence-corrected chi connectivity index (χ2v) is 6.65. The van der Waals surface area contributed by atoms with Crippen LogP contribution in [0.25, 0.3) is 0 Å². The molecule has 1 aliphatic heterocycles. The first-order chi connectivity index (χ1) is 11.8. The number of aryl methyl sites for hydroxylation is 1. The van der Waals surface area contributed by atoms with Gasteiger partial charge in [0, 0.05) is 0 Å². The van der Waals surface area contributed by atoms with E-state index in [0.29, 0.717) is 6.61 Å². The van der Waals surface area contributed by atoms with Gasteiger partial charge in [0.2, 0.25) is 11.9 Å². The van der Waals surface area contributed by atoms with Crippen LogP contribution in [0.15, 0.2) is 34.3 Å². The molecule has 1 aromatic rings. The summed E-state index contributed by atoms with van der Waals surface area (Å²) in [4.78, 5) is 13.9. The van der Waals surface area contributed by atoms with Gasteiger partial charge in [-0.1, -0.05) is 19.1 Å². The Bertz CT molecular complexity index is 625. The summed E-state index contributed by atoms with van der Waals surface area (Å²) in [6, 6.07) is 8.20. The molecule has 0 amide bonds. The third kappa shape index (κ3) is 5.35. The van der Waals surface area contributed by atoms with Crippen molar-refractivity contribution in [1.29, 1.82) is 0 Å². The highest BCUT2D eigenvalue weighted by Gasteiger charge is 2.32. The van der Waals surface area contributed by atoms with E-state index in [2.05, 4.69) is 36.0 Å². The second kappa shape index (κ2) is 8.20. The van der Waals surface area contributed by atoms with Crippen molar-refractivity contribution in [3.63, 3.8) is 0 Å². The standard InChI is InChI=1S/C18H29N5O2/c1-5-13(2)25-15-10-8-14(9-11-15)7-6-12-24-23-17(20)21-16(19)22-18(23,3)4/h8-11,13H,5-7,12H2,1-4H3,(H4,19,20,21,22). The van der Waals surface area contributed by atoms with Gasteiger partial charge in [0.15, 0.2) is 5.66 Å². The molecule has 138 valence electrons. The fourth-order valence-electron chi connectivity index (χ4n) is 2.50. The maximum absolute atomic E-state index is 5.88. The minimum atomic E-state index is -0.662. The van der Waals surface area contributed by atoms with Crippen LogP contribution in [0.2, 0.25) is 0 Å². The number of hydrogen-bond acceptors (Lipinski definition) is 7. The fourth-order valence-corrected chi connectivity index (χ4v) is 2.50. The molecule has 7 heteroatoms. The first-order valence-electron chi connectivity index (χ1n) is 8.70. The molecule has 1 atom stereocenters. The summed E-state index contributed by atoms with van der Waals surface area (Å²) < 4.78 is 5.79. The minimum Gasteiger partial charge on any atom is -0.491 e. The van der Waals surface area contributed by atoms with E-state index in [1.54, 1.807) is 0 Å². The third-order valence-electron chi connectivity index (χ3n) is 3.99. The lowest BCUT2D eigenvalue weighted by Crippen LogP contribution is -2.53. The molecule has 1 aliphatic rings. The summed E-state index contributed by atoms with van der Waals surface area (Å²) in [6.45, 7) is 8.44. The monoisotopic (exact) mass is 347 g/mol. The second-order valence-electron chi connectivity index (χ2n) is 6.65. The number of aliphatic imine (C=N–C) groups is 2. The van der Waals surface area contributed by atoms with Gasteiger partial charge in [-0.2, -0.15) is 10.1 Å². The Morgan fingerprint density at radius 1 is 1.20 bits per heavy atom. The summed E-state index contributed by atoms with van der Waals surface area (Å²) in [7, 11) is 0. The maximum atomic E-state index is 5.88. The van der Waals surface area contributed by atoms with E-state index in [9.17, 15) is 0 Å². The lowest BCUT2D eigenvalue weighted by Gasteiger charge is -2.36. The largest absolute Gasteiger partial charge is 0.491 e. The molecule has 0 bridgehead atoms. The van der Waals surface area contributed by atoms with Crippen LogP contribution in [0.5, 0.6) is 5.75 Å². The molecule has 25 heavy (non-hydrogen) atoms. The molecular weight excluding hydrogens is 318 g/mol. The van der Waals surface area contributed by atoms with Gasteiger partial charge in [0.05, 0.1) is 12.7 Å². The lowest BCUT2D eigenvalue weighted by atomic mass is 10.1. The van der Waals surface area contributed by atoms with Crippen molar-refractivity contribution in [2.24, 2.45) is 21.5 Å². The highest BCUT2D eigenvalue weighted by atomic mass is 16.7. The average Bonchev–Trinajstić information content (AvgIpc) is 2.54. The first kappa shape index (κ1) is 19.1. The van der Waals surface area contributed by atoms with Crippen LogP contribution in [0.1, 0.15) is 46.1 Å². The lowest BCUT2D eigenvalue weighted by molar-refractivity contribution is -0.157. The zero-order chi connectivity index (χ0) is 18.4. The number of ether oxygens (including phenoxy) is 1. The minimum absolute atomic E-state index is 0.169. The van der Waals surface area contributed by atoms with Crippen molar-refractivity contribution in [2.75, 3.05) is 6.61 Å². The van der Waals surface area contributed by atoms with Gasteiger partial charge in [-0.15, -0.1) is 0 Å². The highest BCUT2D eigenvalue weighted by molar-refractivity contribution is 5.95. The molecule has 1 unspecified atom stereocenters. The molecular formula is C18H29N5O2. The summed E-state index contributed by atoms with van der Waals surface area (Å²) in [5, 5.41) is 1.51. The van der Waals surface area contributed by atoms with Crippen LogP contribution in [-0.2, 0) is 11.3 Å². The van der Waals surface area contributed by atoms with Crippen molar-refractivity contribution in [3.8, 4) is 5.75 Å². The summed E-state index contributed by atoms with van der Waals surface area (Å²) in [5.74, 6) is 1.30. The Balaban J connectivity index is 1.79. The van der Waals surface area contributed by atoms with Crippen molar-refractivity contribution in [2.45, 2.75) is 58.7 Å². The van der Waals surface area contributed by atoms with Gasteiger partial charge in [0.1, 0.15) is 5.75 Å². The third-order valence-corrected chi connectivity index (χ3v) is 3.99. The fraction of sp³-hybridized carbons (Fsp3) is 0.556. The Morgan fingerprint density at radius 3 is 2.48 bits per heavy atom. The first-order valence-corrected chi connectivity index (χ1v) is 8.70. The quantitative estimate of drug-likeness (QED) is 0.704. The topological polar surface area (TPSA) is 98.5 Å². The Labute approximate surface area is 149 Å². The van der Waals surface area contributed by atoms with Gasteiger partial charge >= 0.3 is 0 Å². The van der Waals surface area contributed by atoms with Crippen LogP contribution in [-0.4, -0.2) is 35.4 Å². The smallest absolute Gasteiger partial charge is 0.226 e. The van der Waals surface area contributed by atoms with Gasteiger partial charge in [-0.05, 0) is 57.7 Å². The molecule has 0 fully saturated rings. The Hall–Kier alpha value is -2.28. The SMILES string of the molecule is CCC(C)Oc1ccc(CCCON2C(N)=NC(N)=NC2(C)C)cc1. The number of benzene rings is 1. The zero-order valence-electron chi connectivity index (χ0n) is 15.5. The number of nitrogens with two attached hydrogens (primary N) is 2. The number of rotatable bonds is 8. The summed E-state index contributed by atoms with van der Waals surface area (Å²) in [6.07, 6.45) is 2.98. The van der Waals surface area contributed by atoms with E-state index >= 15 is 0 Å².